The van der Waals surface area contributed by atoms with Gasteiger partial charge in [0, 0.05) is 21.9 Å². The molecule has 0 heterocycles. The maximum atomic E-state index is 10.8. The fourth-order valence-corrected chi connectivity index (χ4v) is 0.628. The van der Waals surface area contributed by atoms with Crippen LogP contribution in [0.1, 0.15) is 0 Å². The summed E-state index contributed by atoms with van der Waals surface area (Å²) in [4.78, 5) is 23.6. The van der Waals surface area contributed by atoms with Gasteiger partial charge in [0.2, 0.25) is 5.91 Å². The van der Waals surface area contributed by atoms with E-state index in [1.165, 1.54) is 0 Å². The van der Waals surface area contributed by atoms with E-state index in [1.54, 1.807) is 6.07 Å². The molecular formula is C7H6BrN3O2. The third-order valence-corrected chi connectivity index (χ3v) is 1.13. The van der Waals surface area contributed by atoms with Gasteiger partial charge in [-0.05, 0) is 4.83 Å². The largest absolute Gasteiger partial charge is 0.341 e. The summed E-state index contributed by atoms with van der Waals surface area (Å²) in [7, 11) is 0. The number of amides is 2. The highest BCUT2D eigenvalue weighted by Crippen LogP contribution is 1.70. The van der Waals surface area contributed by atoms with Crippen molar-refractivity contribution in [2.45, 2.75) is 0 Å². The Labute approximate surface area is 83.6 Å². The summed E-state index contributed by atoms with van der Waals surface area (Å²) in [6.07, 6.45) is 0. The van der Waals surface area contributed by atoms with Crippen LogP contribution in [-0.2, 0) is 9.59 Å². The van der Waals surface area contributed by atoms with E-state index in [2.05, 4.69) is 37.3 Å². The normalized spacial score (nSPS) is 7.38. The highest BCUT2D eigenvalue weighted by Gasteiger charge is 2.01. The monoisotopic (exact) mass is 243 g/mol. The smallest absolute Gasteiger partial charge is 0.297 e. The van der Waals surface area contributed by atoms with Crippen molar-refractivity contribution in [1.29, 1.82) is 5.26 Å². The predicted molar refractivity (Wildman–Crippen MR) is 48.3 cm³/mol. The van der Waals surface area contributed by atoms with Gasteiger partial charge in [-0.3, -0.25) is 9.59 Å². The van der Waals surface area contributed by atoms with Crippen molar-refractivity contribution in [3.63, 3.8) is 0 Å². The van der Waals surface area contributed by atoms with Crippen molar-refractivity contribution in [2.24, 2.45) is 0 Å². The molecule has 0 saturated heterocycles. The van der Waals surface area contributed by atoms with Crippen molar-refractivity contribution in [1.82, 2.24) is 10.6 Å². The summed E-state index contributed by atoms with van der Waals surface area (Å²) in [5.74, 6) is 1.15. The van der Waals surface area contributed by atoms with Gasteiger partial charge in [-0.1, -0.05) is 0 Å². The van der Waals surface area contributed by atoms with E-state index in [9.17, 15) is 9.59 Å². The highest BCUT2D eigenvalue weighted by molar-refractivity contribution is 9.12. The lowest BCUT2D eigenvalue weighted by molar-refractivity contribution is -0.123. The molecule has 0 aromatic heterocycles. The highest BCUT2D eigenvalue weighted by atomic mass is 79.9. The molecule has 0 aromatic carbocycles. The van der Waals surface area contributed by atoms with Crippen molar-refractivity contribution >= 4 is 27.7 Å². The minimum Gasteiger partial charge on any atom is -0.341 e. The Hall–Kier alpha value is -1.53. The SMILES string of the molecule is N#CCNC(=O)CNC(=O)C#CBr. The maximum absolute atomic E-state index is 10.8. The van der Waals surface area contributed by atoms with Gasteiger partial charge in [0.25, 0.3) is 5.91 Å². The molecule has 2 N–H and O–H groups in total. The summed E-state index contributed by atoms with van der Waals surface area (Å²) < 4.78 is 0. The number of nitriles is 1. The first-order valence-electron chi connectivity index (χ1n) is 3.24. The van der Waals surface area contributed by atoms with Crippen molar-refractivity contribution in [3.05, 3.63) is 0 Å². The quantitative estimate of drug-likeness (QED) is 0.498. The van der Waals surface area contributed by atoms with Crippen molar-refractivity contribution in [2.75, 3.05) is 13.1 Å². The molecule has 0 radical (unpaired) electrons. The third kappa shape index (κ3) is 6.85. The molecule has 0 aromatic rings. The summed E-state index contributed by atoms with van der Waals surface area (Å²) in [5, 5.41) is 12.6. The Morgan fingerprint density at radius 1 is 1.38 bits per heavy atom. The van der Waals surface area contributed by atoms with Crippen LogP contribution in [-0.4, -0.2) is 24.9 Å². The summed E-state index contributed by atoms with van der Waals surface area (Å²) in [6.45, 7) is -0.249. The number of nitrogens with zero attached hydrogens (tertiary/aromatic N) is 1. The first-order valence-corrected chi connectivity index (χ1v) is 4.03. The lowest BCUT2D eigenvalue weighted by Gasteiger charge is -1.99. The number of carbonyl (C=O) groups excluding carboxylic acids is 2. The molecule has 13 heavy (non-hydrogen) atoms. The Balaban J connectivity index is 3.63. The average molecular weight is 244 g/mol. The van der Waals surface area contributed by atoms with Crippen molar-refractivity contribution in [3.8, 4) is 16.8 Å². The van der Waals surface area contributed by atoms with Gasteiger partial charge in [0.05, 0.1) is 12.6 Å². The minimum atomic E-state index is -0.552. The summed E-state index contributed by atoms with van der Waals surface area (Å²) in [6, 6.07) is 1.73. The lowest BCUT2D eigenvalue weighted by atomic mass is 10.5. The molecule has 2 amide bonds. The van der Waals surface area contributed by atoms with Gasteiger partial charge in [-0.15, -0.1) is 0 Å². The van der Waals surface area contributed by atoms with Gasteiger partial charge >= 0.3 is 0 Å². The van der Waals surface area contributed by atoms with Gasteiger partial charge in [0.1, 0.15) is 6.54 Å². The Morgan fingerprint density at radius 3 is 2.62 bits per heavy atom. The van der Waals surface area contributed by atoms with Crippen LogP contribution in [0.25, 0.3) is 0 Å². The Bertz CT molecular complexity index is 297. The van der Waals surface area contributed by atoms with Crippen LogP contribution < -0.4 is 10.6 Å². The molecule has 0 aliphatic rings. The second kappa shape index (κ2) is 7.14. The van der Waals surface area contributed by atoms with E-state index < -0.39 is 11.8 Å². The molecule has 0 unspecified atom stereocenters. The molecule has 68 valence electrons. The fraction of sp³-hybridized carbons (Fsp3) is 0.286. The molecule has 0 atom stereocenters. The molecule has 0 saturated carbocycles. The molecule has 0 bridgehead atoms. The van der Waals surface area contributed by atoms with E-state index in [0.29, 0.717) is 0 Å². The lowest BCUT2D eigenvalue weighted by Crippen LogP contribution is -2.36. The Morgan fingerprint density at radius 2 is 2.08 bits per heavy atom. The number of carbonyl (C=O) groups is 2. The van der Waals surface area contributed by atoms with Crippen LogP contribution in [0, 0.1) is 22.1 Å². The summed E-state index contributed by atoms with van der Waals surface area (Å²) >= 11 is 2.73. The first-order chi connectivity index (χ1) is 6.20. The number of rotatable bonds is 3. The van der Waals surface area contributed by atoms with Crippen LogP contribution in [0.2, 0.25) is 0 Å². The van der Waals surface area contributed by atoms with Crippen molar-refractivity contribution < 1.29 is 9.59 Å². The molecule has 0 aliphatic heterocycles. The third-order valence-electron chi connectivity index (χ3n) is 0.935. The standard InChI is InChI=1S/C7H6BrN3O2/c8-2-1-6(12)11-5-7(13)10-4-3-9/h4-5H2,(H,10,13)(H,11,12). The molecule has 5 nitrogen and oxygen atoms in total. The molecule has 0 fully saturated rings. The Kier molecular flexibility index (Phi) is 6.30. The van der Waals surface area contributed by atoms with E-state index >= 15 is 0 Å². The fourth-order valence-electron chi connectivity index (χ4n) is 0.448. The molecule has 0 rings (SSSR count). The van der Waals surface area contributed by atoms with Gasteiger partial charge in [0.15, 0.2) is 0 Å². The molecular weight excluding hydrogens is 238 g/mol. The van der Waals surface area contributed by atoms with Gasteiger partial charge in [-0.2, -0.15) is 5.26 Å². The van der Waals surface area contributed by atoms with Crippen LogP contribution in [0.3, 0.4) is 0 Å². The second-order valence-electron chi connectivity index (χ2n) is 1.84. The number of hydrogen-bond donors (Lipinski definition) is 2. The van der Waals surface area contributed by atoms with Crippen LogP contribution in [0.15, 0.2) is 0 Å². The van der Waals surface area contributed by atoms with E-state index in [-0.39, 0.29) is 13.1 Å². The number of halogens is 1. The average Bonchev–Trinajstić information content (AvgIpc) is 2.12. The summed E-state index contributed by atoms with van der Waals surface area (Å²) in [5.41, 5.74) is 0. The van der Waals surface area contributed by atoms with E-state index in [4.69, 9.17) is 5.26 Å². The van der Waals surface area contributed by atoms with Crippen LogP contribution in [0.5, 0.6) is 0 Å². The number of hydrogen-bond acceptors (Lipinski definition) is 3. The van der Waals surface area contributed by atoms with Gasteiger partial charge in [-0.25, -0.2) is 0 Å². The zero-order valence-electron chi connectivity index (χ0n) is 6.56. The molecule has 6 heteroatoms. The van der Waals surface area contributed by atoms with E-state index in [0.717, 1.165) is 0 Å². The zero-order valence-corrected chi connectivity index (χ0v) is 8.14. The molecule has 0 spiro atoms. The second-order valence-corrected chi connectivity index (χ2v) is 2.23. The topological polar surface area (TPSA) is 82.0 Å². The van der Waals surface area contributed by atoms with Crippen LogP contribution >= 0.6 is 15.9 Å². The number of nitrogens with one attached hydrogen (secondary N) is 2. The first kappa shape index (κ1) is 11.5. The maximum Gasteiger partial charge on any atom is 0.297 e. The van der Waals surface area contributed by atoms with E-state index in [1.807, 2.05) is 0 Å². The van der Waals surface area contributed by atoms with Crippen LogP contribution in [0.4, 0.5) is 0 Å². The minimum absolute atomic E-state index is 0.0706. The molecule has 0 aliphatic carbocycles. The predicted octanol–water partition coefficient (Wildman–Crippen LogP) is -0.902. The van der Waals surface area contributed by atoms with Gasteiger partial charge < -0.3 is 10.6 Å². The zero-order chi connectivity index (χ0) is 10.1.